The molecule has 0 aromatic rings. The van der Waals surface area contributed by atoms with Gasteiger partial charge in [-0.3, -0.25) is 9.59 Å². The average molecular weight is 223 g/mol. The molecule has 0 unspecified atom stereocenters. The Hall–Kier alpha value is -1.42. The molecule has 4 heteroatoms. The summed E-state index contributed by atoms with van der Waals surface area (Å²) in [4.78, 5) is 22.1. The molecule has 0 saturated carbocycles. The van der Waals surface area contributed by atoms with Gasteiger partial charge in [0.05, 0.1) is 0 Å². The van der Waals surface area contributed by atoms with Crippen molar-refractivity contribution in [3.8, 4) is 0 Å². The van der Waals surface area contributed by atoms with E-state index in [0.717, 1.165) is 6.42 Å². The third-order valence-corrected chi connectivity index (χ3v) is 2.32. The first-order valence-corrected chi connectivity index (χ1v) is 5.40. The molecule has 0 spiro atoms. The maximum Gasteiger partial charge on any atom is 0.249 e. The number of amides is 1. The van der Waals surface area contributed by atoms with Crippen molar-refractivity contribution in [2.45, 2.75) is 38.4 Å². The Labute approximate surface area is 95.1 Å². The largest absolute Gasteiger partial charge is 0.367 e. The van der Waals surface area contributed by atoms with Crippen LogP contribution in [0.2, 0.25) is 0 Å². The van der Waals surface area contributed by atoms with Crippen LogP contribution in [-0.4, -0.2) is 23.9 Å². The van der Waals surface area contributed by atoms with Crippen molar-refractivity contribution in [3.05, 3.63) is 24.3 Å². The summed E-state index contributed by atoms with van der Waals surface area (Å²) in [7, 11) is 0. The highest BCUT2D eigenvalue weighted by Crippen LogP contribution is 2.24. The summed E-state index contributed by atoms with van der Waals surface area (Å²) in [6.45, 7) is 1.96. The van der Waals surface area contributed by atoms with Gasteiger partial charge in [0.25, 0.3) is 0 Å². The summed E-state index contributed by atoms with van der Waals surface area (Å²) < 4.78 is 4.88. The number of hydrogen-bond donors (Lipinski definition) is 1. The van der Waals surface area contributed by atoms with Crippen LogP contribution in [0.5, 0.6) is 0 Å². The van der Waals surface area contributed by atoms with Gasteiger partial charge in [0.2, 0.25) is 5.91 Å². The highest BCUT2D eigenvalue weighted by molar-refractivity contribution is 5.95. The first-order valence-electron chi connectivity index (χ1n) is 5.40. The number of allylic oxidation sites excluding steroid dienone is 4. The van der Waals surface area contributed by atoms with Crippen LogP contribution >= 0.6 is 0 Å². The second kappa shape index (κ2) is 6.23. The number of epoxide rings is 1. The summed E-state index contributed by atoms with van der Waals surface area (Å²) in [5.74, 6) is -0.596. The van der Waals surface area contributed by atoms with Crippen molar-refractivity contribution in [2.24, 2.45) is 5.73 Å². The Kier molecular flexibility index (Phi) is 4.92. The Balaban J connectivity index is 2.12. The summed E-state index contributed by atoms with van der Waals surface area (Å²) in [5.41, 5.74) is 5.00. The van der Waals surface area contributed by atoms with E-state index in [2.05, 4.69) is 0 Å². The van der Waals surface area contributed by atoms with Gasteiger partial charge in [-0.1, -0.05) is 24.3 Å². The molecule has 1 rings (SSSR count). The minimum Gasteiger partial charge on any atom is -0.367 e. The van der Waals surface area contributed by atoms with Crippen molar-refractivity contribution < 1.29 is 14.3 Å². The average Bonchev–Trinajstić information content (AvgIpc) is 3.02. The number of Topliss-reactive ketones (excluding diaryl/α,β-unsaturated/α-hetero) is 1. The number of hydrogen-bond acceptors (Lipinski definition) is 3. The summed E-state index contributed by atoms with van der Waals surface area (Å²) >= 11 is 0. The molecule has 0 radical (unpaired) electrons. The van der Waals surface area contributed by atoms with Crippen LogP contribution in [0.3, 0.4) is 0 Å². The molecule has 0 bridgehead atoms. The molecule has 1 amide bonds. The SMILES string of the molecule is C/C=C\C/C=C\CCC(=O)[C@@H]1O[C@H]1C(N)=O. The highest BCUT2D eigenvalue weighted by atomic mass is 16.6. The fourth-order valence-electron chi connectivity index (χ4n) is 1.37. The lowest BCUT2D eigenvalue weighted by molar-refractivity contribution is -0.121. The predicted octanol–water partition coefficient (Wildman–Crippen LogP) is 1.11. The minimum absolute atomic E-state index is 0.0421. The molecule has 2 atom stereocenters. The van der Waals surface area contributed by atoms with Gasteiger partial charge in [-0.25, -0.2) is 0 Å². The van der Waals surface area contributed by atoms with E-state index >= 15 is 0 Å². The molecule has 1 saturated heterocycles. The van der Waals surface area contributed by atoms with E-state index in [1.54, 1.807) is 0 Å². The lowest BCUT2D eigenvalue weighted by Crippen LogP contribution is -2.22. The second-order valence-corrected chi connectivity index (χ2v) is 3.66. The van der Waals surface area contributed by atoms with Gasteiger partial charge in [0, 0.05) is 6.42 Å². The molecular formula is C12H17NO3. The third-order valence-electron chi connectivity index (χ3n) is 2.32. The van der Waals surface area contributed by atoms with E-state index in [4.69, 9.17) is 10.5 Å². The number of carbonyl (C=O) groups excluding carboxylic acids is 2. The Morgan fingerprint density at radius 3 is 2.56 bits per heavy atom. The van der Waals surface area contributed by atoms with Gasteiger partial charge >= 0.3 is 0 Å². The smallest absolute Gasteiger partial charge is 0.249 e. The number of ether oxygens (including phenoxy) is 1. The number of ketones is 1. The van der Waals surface area contributed by atoms with Crippen LogP contribution in [-0.2, 0) is 14.3 Å². The van der Waals surface area contributed by atoms with Gasteiger partial charge < -0.3 is 10.5 Å². The standard InChI is InChI=1S/C12H17NO3/c1-2-3-4-5-6-7-8-9(14)10-11(16-10)12(13)15/h2-3,5-6,10-11H,4,7-8H2,1H3,(H2,13,15)/b3-2-,6-5-/t10-,11+/m0/s1. The minimum atomic E-state index is -0.681. The van der Waals surface area contributed by atoms with E-state index in [1.807, 2.05) is 31.2 Å². The topological polar surface area (TPSA) is 72.7 Å². The van der Waals surface area contributed by atoms with Crippen LogP contribution in [0, 0.1) is 0 Å². The summed E-state index contributed by atoms with van der Waals surface area (Å²) in [6.07, 6.45) is 8.68. The second-order valence-electron chi connectivity index (χ2n) is 3.66. The van der Waals surface area contributed by atoms with E-state index in [9.17, 15) is 9.59 Å². The highest BCUT2D eigenvalue weighted by Gasteiger charge is 2.48. The van der Waals surface area contributed by atoms with E-state index in [-0.39, 0.29) is 5.78 Å². The fraction of sp³-hybridized carbons (Fsp3) is 0.500. The molecule has 1 heterocycles. The zero-order valence-electron chi connectivity index (χ0n) is 9.39. The van der Waals surface area contributed by atoms with Gasteiger partial charge in [-0.05, 0) is 19.8 Å². The molecule has 1 aliphatic rings. The molecule has 0 aromatic heterocycles. The van der Waals surface area contributed by atoms with Gasteiger partial charge in [0.1, 0.15) is 0 Å². The zero-order valence-corrected chi connectivity index (χ0v) is 9.39. The molecule has 1 aliphatic heterocycles. The van der Waals surface area contributed by atoms with Crippen LogP contribution in [0.25, 0.3) is 0 Å². The first kappa shape index (κ1) is 12.6. The van der Waals surface area contributed by atoms with Crippen LogP contribution in [0.1, 0.15) is 26.2 Å². The maximum absolute atomic E-state index is 11.4. The quantitative estimate of drug-likeness (QED) is 0.519. The first-order chi connectivity index (χ1) is 7.66. The molecule has 88 valence electrons. The molecule has 1 fully saturated rings. The Morgan fingerprint density at radius 2 is 2.00 bits per heavy atom. The molecule has 0 aromatic carbocycles. The predicted molar refractivity (Wildman–Crippen MR) is 60.7 cm³/mol. The van der Waals surface area contributed by atoms with E-state index < -0.39 is 18.1 Å². The lowest BCUT2D eigenvalue weighted by Gasteiger charge is -1.92. The fourth-order valence-corrected chi connectivity index (χ4v) is 1.37. The summed E-state index contributed by atoms with van der Waals surface area (Å²) in [6, 6.07) is 0. The van der Waals surface area contributed by atoms with E-state index in [1.165, 1.54) is 0 Å². The van der Waals surface area contributed by atoms with Crippen molar-refractivity contribution in [1.82, 2.24) is 0 Å². The van der Waals surface area contributed by atoms with Crippen LogP contribution in [0.4, 0.5) is 0 Å². The van der Waals surface area contributed by atoms with Crippen molar-refractivity contribution in [1.29, 1.82) is 0 Å². The van der Waals surface area contributed by atoms with Crippen molar-refractivity contribution in [2.75, 3.05) is 0 Å². The third kappa shape index (κ3) is 3.98. The van der Waals surface area contributed by atoms with Gasteiger partial charge in [0.15, 0.2) is 18.0 Å². The summed E-state index contributed by atoms with van der Waals surface area (Å²) in [5, 5.41) is 0. The van der Waals surface area contributed by atoms with Crippen LogP contribution in [0.15, 0.2) is 24.3 Å². The van der Waals surface area contributed by atoms with Crippen molar-refractivity contribution in [3.63, 3.8) is 0 Å². The molecule has 0 aliphatic carbocycles. The molecule has 2 N–H and O–H groups in total. The van der Waals surface area contributed by atoms with Gasteiger partial charge in [-0.15, -0.1) is 0 Å². The Morgan fingerprint density at radius 1 is 1.25 bits per heavy atom. The van der Waals surface area contributed by atoms with Gasteiger partial charge in [-0.2, -0.15) is 0 Å². The molecular weight excluding hydrogens is 206 g/mol. The zero-order chi connectivity index (χ0) is 12.0. The van der Waals surface area contributed by atoms with Crippen molar-refractivity contribution >= 4 is 11.7 Å². The molecule has 4 nitrogen and oxygen atoms in total. The number of nitrogens with two attached hydrogens (primary N) is 1. The maximum atomic E-state index is 11.4. The van der Waals surface area contributed by atoms with Crippen LogP contribution < -0.4 is 5.73 Å². The monoisotopic (exact) mass is 223 g/mol. The normalized spacial score (nSPS) is 24.1. The number of rotatable bonds is 7. The lowest BCUT2D eigenvalue weighted by atomic mass is 10.1. The van der Waals surface area contributed by atoms with E-state index in [0.29, 0.717) is 12.8 Å². The number of carbonyl (C=O) groups is 2. The Bertz CT molecular complexity index is 320. The molecule has 16 heavy (non-hydrogen) atoms. The number of primary amides is 1.